The summed E-state index contributed by atoms with van der Waals surface area (Å²) in [5.74, 6) is -0.259. The minimum atomic E-state index is -0.464. The number of carbonyl (C=O) groups excluding carboxylic acids is 2. The minimum absolute atomic E-state index is 0.103. The van der Waals surface area contributed by atoms with Crippen molar-refractivity contribution >= 4 is 11.8 Å². The van der Waals surface area contributed by atoms with Crippen molar-refractivity contribution in [3.8, 4) is 0 Å². The van der Waals surface area contributed by atoms with Gasteiger partial charge in [-0.2, -0.15) is 0 Å². The molecule has 5 nitrogen and oxygen atoms in total. The molecule has 0 aliphatic heterocycles. The van der Waals surface area contributed by atoms with Gasteiger partial charge in [-0.3, -0.25) is 9.59 Å². The molecule has 0 heterocycles. The molecule has 0 radical (unpaired) electrons. The van der Waals surface area contributed by atoms with Crippen LogP contribution in [-0.2, 0) is 9.59 Å². The zero-order valence-electron chi connectivity index (χ0n) is 9.46. The minimum Gasteiger partial charge on any atom is -0.352 e. The fourth-order valence-electron chi connectivity index (χ4n) is 1.09. The standard InChI is InChI=1S/C10H19N3O2/c1-6(11-3)9(14)12-7(2)10(15)13-8-4-5-8/h6-8,11H,4-5H2,1-3H3,(H,12,14)(H,13,15). The van der Waals surface area contributed by atoms with Crippen LogP contribution < -0.4 is 16.0 Å². The maximum Gasteiger partial charge on any atom is 0.242 e. The summed E-state index contributed by atoms with van der Waals surface area (Å²) in [5, 5.41) is 8.31. The van der Waals surface area contributed by atoms with E-state index >= 15 is 0 Å². The van der Waals surface area contributed by atoms with Crippen molar-refractivity contribution in [1.82, 2.24) is 16.0 Å². The quantitative estimate of drug-likeness (QED) is 0.570. The van der Waals surface area contributed by atoms with Gasteiger partial charge in [0.15, 0.2) is 0 Å². The van der Waals surface area contributed by atoms with E-state index in [-0.39, 0.29) is 17.9 Å². The number of rotatable bonds is 5. The number of likely N-dealkylation sites (N-methyl/N-ethyl adjacent to an activating group) is 1. The van der Waals surface area contributed by atoms with Gasteiger partial charge >= 0.3 is 0 Å². The van der Waals surface area contributed by atoms with Gasteiger partial charge in [0.05, 0.1) is 6.04 Å². The molecule has 86 valence electrons. The van der Waals surface area contributed by atoms with E-state index in [9.17, 15) is 9.59 Å². The van der Waals surface area contributed by atoms with Crippen molar-refractivity contribution in [1.29, 1.82) is 0 Å². The van der Waals surface area contributed by atoms with Gasteiger partial charge in [0.1, 0.15) is 6.04 Å². The Morgan fingerprint density at radius 3 is 2.20 bits per heavy atom. The number of nitrogens with one attached hydrogen (secondary N) is 3. The summed E-state index contributed by atoms with van der Waals surface area (Å²) in [6.45, 7) is 3.44. The second-order valence-corrected chi connectivity index (χ2v) is 4.02. The van der Waals surface area contributed by atoms with Crippen LogP contribution in [0.1, 0.15) is 26.7 Å². The summed E-state index contributed by atoms with van der Waals surface area (Å²) in [6.07, 6.45) is 2.11. The van der Waals surface area contributed by atoms with Crippen molar-refractivity contribution in [3.63, 3.8) is 0 Å². The van der Waals surface area contributed by atoms with Crippen molar-refractivity contribution in [2.24, 2.45) is 0 Å². The molecular weight excluding hydrogens is 194 g/mol. The second-order valence-electron chi connectivity index (χ2n) is 4.02. The molecule has 1 saturated carbocycles. The first-order valence-corrected chi connectivity index (χ1v) is 5.32. The van der Waals surface area contributed by atoms with E-state index in [4.69, 9.17) is 0 Å². The Morgan fingerprint density at radius 2 is 1.73 bits per heavy atom. The highest BCUT2D eigenvalue weighted by atomic mass is 16.2. The molecule has 1 fully saturated rings. The van der Waals surface area contributed by atoms with Crippen LogP contribution in [0, 0.1) is 0 Å². The van der Waals surface area contributed by atoms with Gasteiger partial charge in [0.25, 0.3) is 0 Å². The van der Waals surface area contributed by atoms with Crippen molar-refractivity contribution in [2.45, 2.75) is 44.8 Å². The summed E-state index contributed by atoms with van der Waals surface area (Å²) in [4.78, 5) is 22.9. The van der Waals surface area contributed by atoms with Gasteiger partial charge in [0.2, 0.25) is 11.8 Å². The van der Waals surface area contributed by atoms with E-state index in [0.29, 0.717) is 6.04 Å². The molecule has 2 unspecified atom stereocenters. The summed E-state index contributed by atoms with van der Waals surface area (Å²) >= 11 is 0. The molecular formula is C10H19N3O2. The first kappa shape index (κ1) is 12.0. The van der Waals surface area contributed by atoms with Crippen LogP contribution in [0.5, 0.6) is 0 Å². The molecule has 0 aromatic rings. The molecule has 1 aliphatic rings. The van der Waals surface area contributed by atoms with Crippen LogP contribution in [0.15, 0.2) is 0 Å². The van der Waals surface area contributed by atoms with E-state index in [1.54, 1.807) is 20.9 Å². The number of carbonyl (C=O) groups is 2. The number of amides is 2. The maximum atomic E-state index is 11.5. The van der Waals surface area contributed by atoms with Crippen LogP contribution in [0.25, 0.3) is 0 Å². The molecule has 2 amide bonds. The maximum absolute atomic E-state index is 11.5. The van der Waals surface area contributed by atoms with Crippen LogP contribution in [0.4, 0.5) is 0 Å². The topological polar surface area (TPSA) is 70.2 Å². The molecule has 5 heteroatoms. The lowest BCUT2D eigenvalue weighted by molar-refractivity contribution is -0.129. The van der Waals surface area contributed by atoms with Gasteiger partial charge in [0, 0.05) is 6.04 Å². The largest absolute Gasteiger partial charge is 0.352 e. The van der Waals surface area contributed by atoms with Crippen LogP contribution in [-0.4, -0.2) is 37.0 Å². The first-order valence-electron chi connectivity index (χ1n) is 5.32. The molecule has 15 heavy (non-hydrogen) atoms. The average Bonchev–Trinajstić information content (AvgIpc) is 3.00. The molecule has 0 bridgehead atoms. The van der Waals surface area contributed by atoms with Gasteiger partial charge in [-0.1, -0.05) is 0 Å². The lowest BCUT2D eigenvalue weighted by atomic mass is 10.2. The van der Waals surface area contributed by atoms with Crippen molar-refractivity contribution < 1.29 is 9.59 Å². The number of hydrogen-bond acceptors (Lipinski definition) is 3. The summed E-state index contributed by atoms with van der Waals surface area (Å²) in [7, 11) is 1.71. The smallest absolute Gasteiger partial charge is 0.242 e. The highest BCUT2D eigenvalue weighted by Crippen LogP contribution is 2.18. The summed E-state index contributed by atoms with van der Waals surface area (Å²) in [6, 6.07) is -0.409. The lowest BCUT2D eigenvalue weighted by Gasteiger charge is -2.16. The van der Waals surface area contributed by atoms with Crippen LogP contribution in [0.2, 0.25) is 0 Å². The van der Waals surface area contributed by atoms with Crippen LogP contribution in [0.3, 0.4) is 0 Å². The highest BCUT2D eigenvalue weighted by molar-refractivity contribution is 5.89. The van der Waals surface area contributed by atoms with Gasteiger partial charge < -0.3 is 16.0 Å². The molecule has 0 saturated heterocycles. The third-order valence-corrected chi connectivity index (χ3v) is 2.50. The molecule has 1 rings (SSSR count). The molecule has 3 N–H and O–H groups in total. The SMILES string of the molecule is CNC(C)C(=O)NC(C)C(=O)NC1CC1. The van der Waals surface area contributed by atoms with Crippen LogP contribution >= 0.6 is 0 Å². The Kier molecular flexibility index (Phi) is 4.08. The molecule has 1 aliphatic carbocycles. The highest BCUT2D eigenvalue weighted by Gasteiger charge is 2.26. The summed E-state index contributed by atoms with van der Waals surface area (Å²) in [5.41, 5.74) is 0. The predicted octanol–water partition coefficient (Wildman–Crippen LogP) is -0.622. The Morgan fingerprint density at radius 1 is 1.13 bits per heavy atom. The average molecular weight is 213 g/mol. The van der Waals surface area contributed by atoms with Crippen molar-refractivity contribution in [2.75, 3.05) is 7.05 Å². The zero-order valence-corrected chi connectivity index (χ0v) is 9.46. The first-order chi connectivity index (χ1) is 7.04. The molecule has 0 aromatic carbocycles. The van der Waals surface area contributed by atoms with E-state index in [0.717, 1.165) is 12.8 Å². The Hall–Kier alpha value is -1.10. The molecule has 2 atom stereocenters. The Balaban J connectivity index is 2.29. The van der Waals surface area contributed by atoms with Gasteiger partial charge in [-0.15, -0.1) is 0 Å². The summed E-state index contributed by atoms with van der Waals surface area (Å²) < 4.78 is 0. The monoisotopic (exact) mass is 213 g/mol. The lowest BCUT2D eigenvalue weighted by Crippen LogP contribution is -2.50. The van der Waals surface area contributed by atoms with Crippen molar-refractivity contribution in [3.05, 3.63) is 0 Å². The van der Waals surface area contributed by atoms with E-state index in [1.807, 2.05) is 0 Å². The molecule has 0 spiro atoms. The fraction of sp³-hybridized carbons (Fsp3) is 0.800. The number of hydrogen-bond donors (Lipinski definition) is 3. The van der Waals surface area contributed by atoms with Gasteiger partial charge in [-0.05, 0) is 33.7 Å². The Bertz CT molecular complexity index is 251. The Labute approximate surface area is 90.0 Å². The zero-order chi connectivity index (χ0) is 11.4. The second kappa shape index (κ2) is 5.11. The third-order valence-electron chi connectivity index (χ3n) is 2.50. The van der Waals surface area contributed by atoms with E-state index in [2.05, 4.69) is 16.0 Å². The van der Waals surface area contributed by atoms with Gasteiger partial charge in [-0.25, -0.2) is 0 Å². The third kappa shape index (κ3) is 3.87. The van der Waals surface area contributed by atoms with E-state index in [1.165, 1.54) is 0 Å². The predicted molar refractivity (Wildman–Crippen MR) is 57.3 cm³/mol. The van der Waals surface area contributed by atoms with E-state index < -0.39 is 6.04 Å². The fourth-order valence-corrected chi connectivity index (χ4v) is 1.09. The molecule has 0 aromatic heterocycles. The normalized spacial score (nSPS) is 19.1.